The fourth-order valence-corrected chi connectivity index (χ4v) is 3.19. The molecule has 118 valence electrons. The molecule has 2 aromatic rings. The average molecular weight is 333 g/mol. The first-order valence-electron chi connectivity index (χ1n) is 6.50. The van der Waals surface area contributed by atoms with Gasteiger partial charge in [0.05, 0.1) is 16.8 Å². The summed E-state index contributed by atoms with van der Waals surface area (Å²) in [6, 6.07) is 8.46. The van der Waals surface area contributed by atoms with Crippen molar-refractivity contribution < 1.29 is 27.7 Å². The van der Waals surface area contributed by atoms with Crippen LogP contribution in [0.2, 0.25) is 0 Å². The van der Waals surface area contributed by atoms with Crippen LogP contribution >= 0.6 is 0 Å². The molecule has 3 rings (SSSR count). The molecule has 0 unspecified atom stereocenters. The van der Waals surface area contributed by atoms with Gasteiger partial charge in [-0.1, -0.05) is 12.1 Å². The third kappa shape index (κ3) is 2.28. The summed E-state index contributed by atoms with van der Waals surface area (Å²) in [5.41, 5.74) is 0.379. The van der Waals surface area contributed by atoms with Gasteiger partial charge in [-0.15, -0.1) is 0 Å². The molecule has 2 N–H and O–H groups in total. The summed E-state index contributed by atoms with van der Waals surface area (Å²) < 4.78 is 31.9. The third-order valence-electron chi connectivity index (χ3n) is 3.51. The molecular weight excluding hydrogens is 322 g/mol. The van der Waals surface area contributed by atoms with E-state index in [-0.39, 0.29) is 16.8 Å². The monoisotopic (exact) mass is 333 g/mol. The Balaban J connectivity index is 2.24. The quantitative estimate of drug-likeness (QED) is 0.639. The van der Waals surface area contributed by atoms with E-state index < -0.39 is 32.6 Å². The number of fused-ring (bicyclic) bond motifs is 1. The van der Waals surface area contributed by atoms with E-state index in [9.17, 15) is 27.7 Å². The Morgan fingerprint density at radius 1 is 1.00 bits per heavy atom. The molecule has 0 radical (unpaired) electrons. The highest BCUT2D eigenvalue weighted by Crippen LogP contribution is 2.39. The van der Waals surface area contributed by atoms with Gasteiger partial charge >= 0.3 is 0 Å². The van der Waals surface area contributed by atoms with Crippen LogP contribution in [0.4, 0.5) is 5.69 Å². The molecule has 1 heterocycles. The minimum atomic E-state index is -4.71. The van der Waals surface area contributed by atoms with Crippen LogP contribution < -0.4 is 4.90 Å². The van der Waals surface area contributed by atoms with Crippen LogP contribution in [0.25, 0.3) is 0 Å². The minimum Gasteiger partial charge on any atom is -0.504 e. The molecule has 2 aromatic carbocycles. The molecule has 2 amide bonds. The number of benzene rings is 2. The number of imide groups is 1. The van der Waals surface area contributed by atoms with Gasteiger partial charge in [0.15, 0.2) is 5.75 Å². The van der Waals surface area contributed by atoms with Gasteiger partial charge in [-0.3, -0.25) is 14.1 Å². The summed E-state index contributed by atoms with van der Waals surface area (Å²) >= 11 is 0. The molecule has 0 saturated carbocycles. The largest absolute Gasteiger partial charge is 0.504 e. The highest BCUT2D eigenvalue weighted by atomic mass is 32.2. The number of phenolic OH excluding ortho intramolecular Hbond substituents is 1. The van der Waals surface area contributed by atoms with Gasteiger partial charge in [-0.05, 0) is 36.8 Å². The van der Waals surface area contributed by atoms with Gasteiger partial charge in [0.2, 0.25) is 0 Å². The van der Waals surface area contributed by atoms with E-state index in [1.54, 1.807) is 12.1 Å². The van der Waals surface area contributed by atoms with Crippen LogP contribution in [0.3, 0.4) is 0 Å². The molecule has 0 bridgehead atoms. The van der Waals surface area contributed by atoms with Crippen molar-refractivity contribution in [2.75, 3.05) is 4.90 Å². The van der Waals surface area contributed by atoms with Crippen molar-refractivity contribution in [2.45, 2.75) is 11.8 Å². The zero-order chi connectivity index (χ0) is 16.9. The summed E-state index contributed by atoms with van der Waals surface area (Å²) in [6.45, 7) is 1.51. The smallest absolute Gasteiger partial charge is 0.298 e. The minimum absolute atomic E-state index is 0.159. The van der Waals surface area contributed by atoms with Gasteiger partial charge in [-0.25, -0.2) is 4.90 Å². The Morgan fingerprint density at radius 3 is 2.00 bits per heavy atom. The Kier molecular flexibility index (Phi) is 3.24. The van der Waals surface area contributed by atoms with Crippen molar-refractivity contribution in [2.24, 2.45) is 0 Å². The Morgan fingerprint density at radius 2 is 1.52 bits per heavy atom. The van der Waals surface area contributed by atoms with Crippen LogP contribution in [0.1, 0.15) is 26.3 Å². The number of rotatable bonds is 2. The maximum atomic E-state index is 12.4. The average Bonchev–Trinajstić information content (AvgIpc) is 2.73. The molecule has 1 aliphatic rings. The summed E-state index contributed by atoms with van der Waals surface area (Å²) in [5.74, 6) is -2.20. The predicted molar refractivity (Wildman–Crippen MR) is 80.2 cm³/mol. The van der Waals surface area contributed by atoms with Crippen molar-refractivity contribution in [1.82, 2.24) is 0 Å². The van der Waals surface area contributed by atoms with Gasteiger partial charge < -0.3 is 5.11 Å². The molecule has 23 heavy (non-hydrogen) atoms. The van der Waals surface area contributed by atoms with Gasteiger partial charge in [0.25, 0.3) is 21.9 Å². The lowest BCUT2D eigenvalue weighted by Gasteiger charge is -2.17. The van der Waals surface area contributed by atoms with Crippen molar-refractivity contribution in [3.05, 3.63) is 53.1 Å². The number of phenols is 1. The van der Waals surface area contributed by atoms with Gasteiger partial charge in [-0.2, -0.15) is 8.42 Å². The second-order valence-electron chi connectivity index (χ2n) is 5.10. The lowest BCUT2D eigenvalue weighted by Crippen LogP contribution is -2.29. The lowest BCUT2D eigenvalue weighted by molar-refractivity contribution is 0.0924. The summed E-state index contributed by atoms with van der Waals surface area (Å²) in [7, 11) is -4.71. The SMILES string of the molecule is Cc1cc(N2C(=O)c3ccccc3C2=O)c(O)c(S(=O)(=O)O)c1. The summed E-state index contributed by atoms with van der Waals surface area (Å²) in [6.07, 6.45) is 0. The van der Waals surface area contributed by atoms with Crippen LogP contribution in [0.5, 0.6) is 5.75 Å². The lowest BCUT2D eigenvalue weighted by atomic mass is 10.1. The molecule has 0 atom stereocenters. The van der Waals surface area contributed by atoms with E-state index in [1.807, 2.05) is 0 Å². The first kappa shape index (κ1) is 15.2. The highest BCUT2D eigenvalue weighted by molar-refractivity contribution is 7.86. The van der Waals surface area contributed by atoms with Crippen molar-refractivity contribution >= 4 is 27.6 Å². The number of carbonyl (C=O) groups is 2. The molecule has 1 aliphatic heterocycles. The molecule has 0 fully saturated rings. The van der Waals surface area contributed by atoms with Gasteiger partial charge in [0, 0.05) is 0 Å². The number of amides is 2. The number of aromatic hydroxyl groups is 1. The maximum Gasteiger partial charge on any atom is 0.298 e. The number of carbonyl (C=O) groups excluding carboxylic acids is 2. The zero-order valence-corrected chi connectivity index (χ0v) is 12.7. The fraction of sp³-hybridized carbons (Fsp3) is 0.0667. The van der Waals surface area contributed by atoms with Gasteiger partial charge in [0.1, 0.15) is 4.90 Å². The van der Waals surface area contributed by atoms with E-state index in [4.69, 9.17) is 0 Å². The number of nitrogens with zero attached hydrogens (tertiary/aromatic N) is 1. The Labute approximate surface area is 131 Å². The molecule has 8 heteroatoms. The first-order chi connectivity index (χ1) is 10.7. The van der Waals surface area contributed by atoms with Crippen molar-refractivity contribution in [3.8, 4) is 5.75 Å². The van der Waals surface area contributed by atoms with Crippen LogP contribution in [-0.2, 0) is 10.1 Å². The Hall–Kier alpha value is -2.71. The first-order valence-corrected chi connectivity index (χ1v) is 7.94. The maximum absolute atomic E-state index is 12.4. The fourth-order valence-electron chi connectivity index (χ4n) is 2.50. The Bertz CT molecular complexity index is 929. The summed E-state index contributed by atoms with van der Waals surface area (Å²) in [5, 5.41) is 10.1. The molecule has 0 spiro atoms. The highest BCUT2D eigenvalue weighted by Gasteiger charge is 2.38. The van der Waals surface area contributed by atoms with Crippen molar-refractivity contribution in [1.29, 1.82) is 0 Å². The van der Waals surface area contributed by atoms with Crippen LogP contribution in [0, 0.1) is 6.92 Å². The molecular formula is C15H11NO6S. The number of anilines is 1. The van der Waals surface area contributed by atoms with Crippen LogP contribution in [-0.4, -0.2) is 29.9 Å². The molecule has 0 aliphatic carbocycles. The topological polar surface area (TPSA) is 112 Å². The van der Waals surface area contributed by atoms with E-state index in [0.29, 0.717) is 10.5 Å². The number of aryl methyl sites for hydroxylation is 1. The predicted octanol–water partition coefficient (Wildman–Crippen LogP) is 1.75. The van der Waals surface area contributed by atoms with E-state index in [2.05, 4.69) is 0 Å². The number of hydrogen-bond acceptors (Lipinski definition) is 5. The zero-order valence-electron chi connectivity index (χ0n) is 11.8. The van der Waals surface area contributed by atoms with E-state index in [0.717, 1.165) is 6.07 Å². The standard InChI is InChI=1S/C15H11NO6S/c1-8-6-11(13(17)12(7-8)23(20,21)22)16-14(18)9-4-2-3-5-10(9)15(16)19/h2-7,17H,1H3,(H,20,21,22). The second kappa shape index (κ2) is 4.90. The summed E-state index contributed by atoms with van der Waals surface area (Å²) in [4.78, 5) is 24.8. The third-order valence-corrected chi connectivity index (χ3v) is 4.38. The molecule has 0 saturated heterocycles. The van der Waals surface area contributed by atoms with E-state index >= 15 is 0 Å². The normalized spacial score (nSPS) is 14.3. The second-order valence-corrected chi connectivity index (χ2v) is 6.49. The van der Waals surface area contributed by atoms with Crippen LogP contribution in [0.15, 0.2) is 41.3 Å². The molecule has 7 nitrogen and oxygen atoms in total. The molecule has 0 aromatic heterocycles. The number of hydrogen-bond donors (Lipinski definition) is 2. The van der Waals surface area contributed by atoms with E-state index in [1.165, 1.54) is 25.1 Å². The van der Waals surface area contributed by atoms with Crippen molar-refractivity contribution in [3.63, 3.8) is 0 Å².